The molecule has 142 valence electrons. The fourth-order valence-corrected chi connectivity index (χ4v) is 2.49. The van der Waals surface area contributed by atoms with Crippen LogP contribution in [0.25, 0.3) is 0 Å². The van der Waals surface area contributed by atoms with Gasteiger partial charge in [0.2, 0.25) is 11.8 Å². The molecule has 0 aliphatic heterocycles. The molecule has 0 spiro atoms. The third kappa shape index (κ3) is 6.47. The first-order valence-electron chi connectivity index (χ1n) is 8.63. The largest absolute Gasteiger partial charge is 0.494 e. The average molecular weight is 369 g/mol. The number of ether oxygens (including phenoxy) is 1. The van der Waals surface area contributed by atoms with Crippen LogP contribution in [-0.4, -0.2) is 24.3 Å². The number of carbonyl (C=O) groups is 3. The van der Waals surface area contributed by atoms with Crippen LogP contribution in [0.4, 0.5) is 0 Å². The zero-order valence-electron chi connectivity index (χ0n) is 15.3. The second-order valence-corrected chi connectivity index (χ2v) is 5.83. The molecule has 0 unspecified atom stereocenters. The summed E-state index contributed by atoms with van der Waals surface area (Å²) in [5, 5.41) is 2.74. The molecule has 3 N–H and O–H groups in total. The molecule has 0 aliphatic rings. The van der Waals surface area contributed by atoms with E-state index in [9.17, 15) is 14.4 Å². The predicted octanol–water partition coefficient (Wildman–Crippen LogP) is 2.11. The molecule has 1 atom stereocenters. The lowest BCUT2D eigenvalue weighted by Gasteiger charge is -2.18. The van der Waals surface area contributed by atoms with Crippen LogP contribution in [0.5, 0.6) is 5.75 Å². The van der Waals surface area contributed by atoms with Crippen molar-refractivity contribution in [1.82, 2.24) is 16.2 Å². The van der Waals surface area contributed by atoms with E-state index < -0.39 is 17.9 Å². The molecule has 27 heavy (non-hydrogen) atoms. The highest BCUT2D eigenvalue weighted by Gasteiger charge is 2.17. The maximum absolute atomic E-state index is 12.2. The van der Waals surface area contributed by atoms with E-state index in [1.165, 1.54) is 6.92 Å². The highest BCUT2D eigenvalue weighted by molar-refractivity contribution is 5.95. The van der Waals surface area contributed by atoms with Crippen molar-refractivity contribution >= 4 is 17.7 Å². The molecule has 2 rings (SSSR count). The fourth-order valence-electron chi connectivity index (χ4n) is 2.49. The monoisotopic (exact) mass is 369 g/mol. The first-order chi connectivity index (χ1) is 13.0. The number of benzene rings is 2. The van der Waals surface area contributed by atoms with Crippen LogP contribution in [0.15, 0.2) is 54.6 Å². The molecule has 0 aliphatic carbocycles. The van der Waals surface area contributed by atoms with Gasteiger partial charge < -0.3 is 10.1 Å². The minimum Gasteiger partial charge on any atom is -0.494 e. The number of nitrogens with one attached hydrogen (secondary N) is 3. The summed E-state index contributed by atoms with van der Waals surface area (Å²) < 4.78 is 5.32. The molecule has 2 aromatic carbocycles. The Labute approximate surface area is 158 Å². The van der Waals surface area contributed by atoms with Gasteiger partial charge >= 0.3 is 0 Å². The summed E-state index contributed by atoms with van der Waals surface area (Å²) in [5.41, 5.74) is 5.94. The summed E-state index contributed by atoms with van der Waals surface area (Å²) >= 11 is 0. The van der Waals surface area contributed by atoms with E-state index in [1.54, 1.807) is 24.3 Å². The topological polar surface area (TPSA) is 96.5 Å². The average Bonchev–Trinajstić information content (AvgIpc) is 2.67. The SMILES string of the molecule is CCOc1ccc(C(=O)NNC(=O)C[C@@H](NC(C)=O)c2ccccc2)cc1. The van der Waals surface area contributed by atoms with Crippen molar-refractivity contribution in [3.63, 3.8) is 0 Å². The van der Waals surface area contributed by atoms with E-state index >= 15 is 0 Å². The lowest BCUT2D eigenvalue weighted by atomic mass is 10.0. The van der Waals surface area contributed by atoms with Gasteiger partial charge in [-0.05, 0) is 36.8 Å². The van der Waals surface area contributed by atoms with Gasteiger partial charge in [0.1, 0.15) is 5.75 Å². The quantitative estimate of drug-likeness (QED) is 0.651. The van der Waals surface area contributed by atoms with Gasteiger partial charge in [-0.15, -0.1) is 0 Å². The molecule has 0 saturated heterocycles. The third-order valence-corrected chi connectivity index (χ3v) is 3.71. The number of carbonyl (C=O) groups excluding carboxylic acids is 3. The van der Waals surface area contributed by atoms with Crippen molar-refractivity contribution in [3.8, 4) is 5.75 Å². The number of amides is 3. The Balaban J connectivity index is 1.91. The molecule has 7 nitrogen and oxygen atoms in total. The van der Waals surface area contributed by atoms with Gasteiger partial charge in [0.15, 0.2) is 0 Å². The number of rotatable bonds is 7. The summed E-state index contributed by atoms with van der Waals surface area (Å²) in [4.78, 5) is 35.7. The number of hydrazine groups is 1. The zero-order valence-corrected chi connectivity index (χ0v) is 15.3. The van der Waals surface area contributed by atoms with Crippen LogP contribution < -0.4 is 20.9 Å². The molecule has 0 heterocycles. The van der Waals surface area contributed by atoms with E-state index in [0.717, 1.165) is 5.56 Å². The summed E-state index contributed by atoms with van der Waals surface area (Å²) in [7, 11) is 0. The van der Waals surface area contributed by atoms with Crippen molar-refractivity contribution in [2.24, 2.45) is 0 Å². The predicted molar refractivity (Wildman–Crippen MR) is 101 cm³/mol. The molecule has 0 aromatic heterocycles. The van der Waals surface area contributed by atoms with Gasteiger partial charge in [-0.1, -0.05) is 30.3 Å². The standard InChI is InChI=1S/C20H23N3O4/c1-3-27-17-11-9-16(10-12-17)20(26)23-22-19(25)13-18(21-14(2)24)15-7-5-4-6-8-15/h4-12,18H,3,13H2,1-2H3,(H,21,24)(H,22,25)(H,23,26)/t18-/m1/s1. The zero-order chi connectivity index (χ0) is 19.6. The van der Waals surface area contributed by atoms with E-state index in [2.05, 4.69) is 16.2 Å². The molecule has 0 bridgehead atoms. The first kappa shape index (κ1) is 20.0. The number of hydrogen-bond donors (Lipinski definition) is 3. The number of hydrogen-bond acceptors (Lipinski definition) is 4. The Kier molecular flexibility index (Phi) is 7.37. The van der Waals surface area contributed by atoms with Gasteiger partial charge in [0.25, 0.3) is 5.91 Å². The smallest absolute Gasteiger partial charge is 0.269 e. The molecule has 2 aromatic rings. The molecule has 0 fully saturated rings. The van der Waals surface area contributed by atoms with Gasteiger partial charge in [-0.3, -0.25) is 25.2 Å². The van der Waals surface area contributed by atoms with Crippen LogP contribution in [0.3, 0.4) is 0 Å². The van der Waals surface area contributed by atoms with Crippen molar-refractivity contribution in [3.05, 3.63) is 65.7 Å². The minimum atomic E-state index is -0.480. The van der Waals surface area contributed by atoms with Crippen molar-refractivity contribution < 1.29 is 19.1 Å². The van der Waals surface area contributed by atoms with Gasteiger partial charge in [-0.2, -0.15) is 0 Å². The van der Waals surface area contributed by atoms with E-state index in [1.807, 2.05) is 37.3 Å². The lowest BCUT2D eigenvalue weighted by molar-refractivity contribution is -0.123. The highest BCUT2D eigenvalue weighted by atomic mass is 16.5. The second kappa shape index (κ2) is 9.96. The normalized spacial score (nSPS) is 11.2. The molecular weight excluding hydrogens is 346 g/mol. The first-order valence-corrected chi connectivity index (χ1v) is 8.63. The maximum Gasteiger partial charge on any atom is 0.269 e. The lowest BCUT2D eigenvalue weighted by Crippen LogP contribution is -2.43. The Morgan fingerprint density at radius 3 is 2.22 bits per heavy atom. The van der Waals surface area contributed by atoms with Crippen LogP contribution in [0.1, 0.15) is 42.2 Å². The second-order valence-electron chi connectivity index (χ2n) is 5.83. The summed E-state index contributed by atoms with van der Waals surface area (Å²) in [6, 6.07) is 15.3. The van der Waals surface area contributed by atoms with Crippen LogP contribution in [0, 0.1) is 0 Å². The van der Waals surface area contributed by atoms with Crippen molar-refractivity contribution in [2.45, 2.75) is 26.3 Å². The molecular formula is C20H23N3O4. The minimum absolute atomic E-state index is 0.00679. The van der Waals surface area contributed by atoms with Crippen LogP contribution >= 0.6 is 0 Å². The summed E-state index contributed by atoms with van der Waals surface area (Å²) in [5.74, 6) is -0.437. The summed E-state index contributed by atoms with van der Waals surface area (Å²) in [6.07, 6.45) is -0.00679. The molecule has 0 saturated carbocycles. The Bertz CT molecular complexity index is 776. The fraction of sp³-hybridized carbons (Fsp3) is 0.250. The Morgan fingerprint density at radius 1 is 0.963 bits per heavy atom. The molecule has 7 heteroatoms. The third-order valence-electron chi connectivity index (χ3n) is 3.71. The van der Waals surface area contributed by atoms with Crippen LogP contribution in [0.2, 0.25) is 0 Å². The maximum atomic E-state index is 12.2. The Hall–Kier alpha value is -3.35. The highest BCUT2D eigenvalue weighted by Crippen LogP contribution is 2.16. The van der Waals surface area contributed by atoms with Gasteiger partial charge in [0, 0.05) is 12.5 Å². The van der Waals surface area contributed by atoms with Crippen LogP contribution in [-0.2, 0) is 9.59 Å². The van der Waals surface area contributed by atoms with E-state index in [0.29, 0.717) is 17.9 Å². The van der Waals surface area contributed by atoms with Crippen molar-refractivity contribution in [1.29, 1.82) is 0 Å². The Morgan fingerprint density at radius 2 is 1.63 bits per heavy atom. The van der Waals surface area contributed by atoms with E-state index in [4.69, 9.17) is 4.74 Å². The molecule has 0 radical (unpaired) electrons. The van der Waals surface area contributed by atoms with Crippen molar-refractivity contribution in [2.75, 3.05) is 6.61 Å². The summed E-state index contributed by atoms with van der Waals surface area (Å²) in [6.45, 7) is 3.81. The molecule has 3 amide bonds. The van der Waals surface area contributed by atoms with Gasteiger partial charge in [0.05, 0.1) is 19.1 Å². The van der Waals surface area contributed by atoms with E-state index in [-0.39, 0.29) is 12.3 Å². The van der Waals surface area contributed by atoms with Gasteiger partial charge in [-0.25, -0.2) is 0 Å².